The number of rotatable bonds is 6. The van der Waals surface area contributed by atoms with Crippen LogP contribution in [0.3, 0.4) is 0 Å². The first-order chi connectivity index (χ1) is 15.0. The second-order valence-corrected chi connectivity index (χ2v) is 7.10. The Morgan fingerprint density at radius 2 is 1.84 bits per heavy atom. The number of hydrogen-bond acceptors (Lipinski definition) is 5. The van der Waals surface area contributed by atoms with Gasteiger partial charge in [-0.05, 0) is 38.1 Å². The Morgan fingerprint density at radius 1 is 1.10 bits per heavy atom. The summed E-state index contributed by atoms with van der Waals surface area (Å²) in [4.78, 5) is 32.8. The Morgan fingerprint density at radius 3 is 2.61 bits per heavy atom. The van der Waals surface area contributed by atoms with E-state index in [4.69, 9.17) is 9.47 Å². The van der Waals surface area contributed by atoms with Gasteiger partial charge in [-0.1, -0.05) is 30.3 Å². The third-order valence-electron chi connectivity index (χ3n) is 5.07. The number of methoxy groups -OCH3 is 1. The van der Waals surface area contributed by atoms with Crippen LogP contribution in [0.25, 0.3) is 33.1 Å². The van der Waals surface area contributed by atoms with Gasteiger partial charge in [-0.15, -0.1) is 0 Å². The van der Waals surface area contributed by atoms with Crippen LogP contribution in [0.15, 0.2) is 54.6 Å². The van der Waals surface area contributed by atoms with E-state index in [9.17, 15) is 9.59 Å². The van der Waals surface area contributed by atoms with E-state index in [2.05, 4.69) is 15.3 Å². The van der Waals surface area contributed by atoms with Crippen molar-refractivity contribution in [1.29, 1.82) is 0 Å². The monoisotopic (exact) mass is 417 g/mol. The number of esters is 1. The molecule has 7 nitrogen and oxygen atoms in total. The number of amides is 1. The van der Waals surface area contributed by atoms with Crippen LogP contribution in [0.1, 0.15) is 24.3 Å². The molecule has 2 heterocycles. The number of pyridine rings is 1. The summed E-state index contributed by atoms with van der Waals surface area (Å²) in [5, 5.41) is 4.49. The van der Waals surface area contributed by atoms with Crippen LogP contribution < -0.4 is 10.1 Å². The molecule has 0 unspecified atom stereocenters. The first-order valence-corrected chi connectivity index (χ1v) is 10.1. The number of aromatic nitrogens is 2. The van der Waals surface area contributed by atoms with Gasteiger partial charge >= 0.3 is 5.97 Å². The number of fused-ring (bicyclic) bond motifs is 3. The highest BCUT2D eigenvalue weighted by molar-refractivity contribution is 6.13. The van der Waals surface area contributed by atoms with Gasteiger partial charge in [0.25, 0.3) is 5.91 Å². The topological polar surface area (TPSA) is 93.3 Å². The third-order valence-corrected chi connectivity index (χ3v) is 5.07. The third kappa shape index (κ3) is 3.82. The molecular weight excluding hydrogens is 394 g/mol. The minimum atomic E-state index is -0.794. The van der Waals surface area contributed by atoms with E-state index in [1.807, 2.05) is 55.5 Å². The number of H-pyrrole nitrogens is 1. The van der Waals surface area contributed by atoms with Gasteiger partial charge in [-0.25, -0.2) is 9.78 Å². The quantitative estimate of drug-likeness (QED) is 0.461. The molecule has 0 aliphatic carbocycles. The van der Waals surface area contributed by atoms with Gasteiger partial charge in [-0.2, -0.15) is 0 Å². The predicted octanol–water partition coefficient (Wildman–Crippen LogP) is 4.07. The van der Waals surface area contributed by atoms with Gasteiger partial charge in [0.15, 0.2) is 0 Å². The molecule has 2 aromatic carbocycles. The number of hydrogen-bond donors (Lipinski definition) is 2. The van der Waals surface area contributed by atoms with Gasteiger partial charge in [0.1, 0.15) is 17.5 Å². The second kappa shape index (κ2) is 8.47. The number of para-hydroxylation sites is 2. The molecule has 31 heavy (non-hydrogen) atoms. The minimum Gasteiger partial charge on any atom is -0.493 e. The molecule has 0 aliphatic heterocycles. The molecule has 0 saturated heterocycles. The van der Waals surface area contributed by atoms with E-state index in [1.165, 1.54) is 7.11 Å². The van der Waals surface area contributed by atoms with Crippen molar-refractivity contribution in [2.45, 2.75) is 19.9 Å². The molecule has 0 bridgehead atoms. The Labute approximate surface area is 179 Å². The smallest absolute Gasteiger partial charge is 0.328 e. The Hall–Kier alpha value is -3.87. The summed E-state index contributed by atoms with van der Waals surface area (Å²) in [6.07, 6.45) is 0. The Kier molecular flexibility index (Phi) is 5.58. The molecule has 2 N–H and O–H groups in total. The molecule has 1 atom stereocenters. The van der Waals surface area contributed by atoms with Crippen LogP contribution in [-0.4, -0.2) is 41.6 Å². The molecule has 0 radical (unpaired) electrons. The maximum Gasteiger partial charge on any atom is 0.328 e. The first-order valence-electron chi connectivity index (χ1n) is 10.1. The molecule has 4 rings (SSSR count). The number of aromatic amines is 1. The zero-order chi connectivity index (χ0) is 22.0. The van der Waals surface area contributed by atoms with Crippen LogP contribution in [0.4, 0.5) is 0 Å². The fraction of sp³-hybridized carbons (Fsp3) is 0.208. The highest BCUT2D eigenvalue weighted by Crippen LogP contribution is 2.36. The van der Waals surface area contributed by atoms with Gasteiger partial charge in [-0.3, -0.25) is 4.79 Å². The lowest BCUT2D eigenvalue weighted by atomic mass is 10.1. The molecule has 4 aromatic rings. The molecule has 0 fully saturated rings. The summed E-state index contributed by atoms with van der Waals surface area (Å²) in [6.45, 7) is 3.99. The van der Waals surface area contributed by atoms with Crippen molar-refractivity contribution in [1.82, 2.24) is 15.3 Å². The van der Waals surface area contributed by atoms with E-state index in [0.29, 0.717) is 18.1 Å². The van der Waals surface area contributed by atoms with Crippen molar-refractivity contribution in [3.63, 3.8) is 0 Å². The summed E-state index contributed by atoms with van der Waals surface area (Å²) in [7, 11) is 1.28. The number of carbonyl (C=O) groups is 2. The lowest BCUT2D eigenvalue weighted by Gasteiger charge is -2.14. The van der Waals surface area contributed by atoms with Crippen LogP contribution in [0, 0.1) is 0 Å². The fourth-order valence-electron chi connectivity index (χ4n) is 3.61. The molecule has 1 amide bonds. The number of nitrogens with one attached hydrogen (secondary N) is 2. The van der Waals surface area contributed by atoms with Crippen LogP contribution in [0.5, 0.6) is 5.75 Å². The van der Waals surface area contributed by atoms with E-state index >= 15 is 0 Å². The lowest BCUT2D eigenvalue weighted by molar-refractivity contribution is -0.142. The van der Waals surface area contributed by atoms with Crippen LogP contribution >= 0.6 is 0 Å². The fourth-order valence-corrected chi connectivity index (χ4v) is 3.61. The molecular formula is C24H23N3O4. The average molecular weight is 417 g/mol. The van der Waals surface area contributed by atoms with E-state index < -0.39 is 17.9 Å². The number of ether oxygens (including phenoxy) is 2. The molecule has 2 aromatic heterocycles. The SMILES string of the molecule is CCOc1ccccc1-c1nc(C(=O)N[C@@H](C)C(=O)OC)cc2c1[nH]c1ccccc12. The molecule has 158 valence electrons. The Bertz CT molecular complexity index is 1280. The highest BCUT2D eigenvalue weighted by atomic mass is 16.5. The van der Waals surface area contributed by atoms with E-state index in [-0.39, 0.29) is 5.69 Å². The standard InChI is InChI=1S/C24H23N3O4/c1-4-31-20-12-8-6-10-16(20)21-22-17(15-9-5-7-11-18(15)26-22)13-19(27-21)23(28)25-14(2)24(29)30-3/h5-14,26H,4H2,1-3H3,(H,25,28)/t14-/m0/s1. The van der Waals surface area contributed by atoms with Gasteiger partial charge < -0.3 is 19.8 Å². The minimum absolute atomic E-state index is 0.203. The molecule has 0 spiro atoms. The molecule has 0 aliphatic rings. The van der Waals surface area contributed by atoms with E-state index in [1.54, 1.807) is 13.0 Å². The van der Waals surface area contributed by atoms with Crippen molar-refractivity contribution in [3.05, 3.63) is 60.3 Å². The Balaban J connectivity index is 1.92. The summed E-state index contributed by atoms with van der Waals surface area (Å²) in [6, 6.07) is 16.4. The highest BCUT2D eigenvalue weighted by Gasteiger charge is 2.22. The van der Waals surface area contributed by atoms with E-state index in [0.717, 1.165) is 27.4 Å². The number of benzene rings is 2. The van der Waals surface area contributed by atoms with Crippen molar-refractivity contribution < 1.29 is 19.1 Å². The summed E-state index contributed by atoms with van der Waals surface area (Å²) >= 11 is 0. The summed E-state index contributed by atoms with van der Waals surface area (Å²) < 4.78 is 10.5. The predicted molar refractivity (Wildman–Crippen MR) is 119 cm³/mol. The summed E-state index contributed by atoms with van der Waals surface area (Å²) in [5.74, 6) is -0.304. The maximum atomic E-state index is 12.9. The average Bonchev–Trinajstić information content (AvgIpc) is 3.17. The lowest BCUT2D eigenvalue weighted by Crippen LogP contribution is -2.39. The molecule has 0 saturated carbocycles. The number of carbonyl (C=O) groups excluding carboxylic acids is 2. The number of nitrogens with zero attached hydrogens (tertiary/aromatic N) is 1. The van der Waals surface area contributed by atoms with Crippen LogP contribution in [0.2, 0.25) is 0 Å². The van der Waals surface area contributed by atoms with Crippen molar-refractivity contribution in [2.24, 2.45) is 0 Å². The maximum absolute atomic E-state index is 12.9. The first kappa shape index (κ1) is 20.4. The zero-order valence-corrected chi connectivity index (χ0v) is 17.6. The summed E-state index contributed by atoms with van der Waals surface area (Å²) in [5.41, 5.74) is 3.33. The van der Waals surface area contributed by atoms with Crippen molar-refractivity contribution in [2.75, 3.05) is 13.7 Å². The van der Waals surface area contributed by atoms with Crippen molar-refractivity contribution in [3.8, 4) is 17.0 Å². The molecule has 7 heteroatoms. The van der Waals surface area contributed by atoms with Gasteiger partial charge in [0.2, 0.25) is 0 Å². The normalized spacial score (nSPS) is 12.0. The van der Waals surface area contributed by atoms with Gasteiger partial charge in [0.05, 0.1) is 24.9 Å². The van der Waals surface area contributed by atoms with Crippen molar-refractivity contribution >= 4 is 33.7 Å². The second-order valence-electron chi connectivity index (χ2n) is 7.10. The largest absolute Gasteiger partial charge is 0.493 e. The van der Waals surface area contributed by atoms with Gasteiger partial charge in [0, 0.05) is 21.9 Å². The van der Waals surface area contributed by atoms with Crippen LogP contribution in [-0.2, 0) is 9.53 Å². The zero-order valence-electron chi connectivity index (χ0n) is 17.6.